The second-order valence-electron chi connectivity index (χ2n) is 6.09. The van der Waals surface area contributed by atoms with Gasteiger partial charge >= 0.3 is 6.18 Å². The number of amides is 2. The van der Waals surface area contributed by atoms with Crippen molar-refractivity contribution in [1.29, 1.82) is 0 Å². The number of fused-ring (bicyclic) bond motifs is 1. The van der Waals surface area contributed by atoms with E-state index in [0.29, 0.717) is 17.1 Å². The molecule has 4 rings (SSSR count). The predicted octanol–water partition coefficient (Wildman–Crippen LogP) is 4.21. The second-order valence-corrected chi connectivity index (χ2v) is 6.50. The highest BCUT2D eigenvalue weighted by molar-refractivity contribution is 6.31. The summed E-state index contributed by atoms with van der Waals surface area (Å²) in [6.45, 7) is 0. The molecule has 0 aliphatic carbocycles. The van der Waals surface area contributed by atoms with Crippen molar-refractivity contribution >= 4 is 40.1 Å². The molecule has 0 radical (unpaired) electrons. The maximum atomic E-state index is 13.1. The zero-order valence-electron chi connectivity index (χ0n) is 13.6. The zero-order chi connectivity index (χ0) is 19.3. The monoisotopic (exact) mass is 393 g/mol. The van der Waals surface area contributed by atoms with Crippen LogP contribution in [0.15, 0.2) is 48.8 Å². The van der Waals surface area contributed by atoms with Crippen LogP contribution in [0.4, 0.5) is 18.9 Å². The van der Waals surface area contributed by atoms with E-state index in [1.165, 1.54) is 12.4 Å². The molecule has 3 aromatic rings. The van der Waals surface area contributed by atoms with Crippen molar-refractivity contribution in [2.75, 3.05) is 4.90 Å². The zero-order valence-corrected chi connectivity index (χ0v) is 14.3. The number of imide groups is 1. The van der Waals surface area contributed by atoms with Crippen LogP contribution in [0.3, 0.4) is 0 Å². The lowest BCUT2D eigenvalue weighted by Gasteiger charge is -2.18. The number of nitrogens with zero attached hydrogens (tertiary/aromatic N) is 3. The fraction of sp³-hybridized carbons (Fsp3) is 0.167. The van der Waals surface area contributed by atoms with Crippen LogP contribution in [0.5, 0.6) is 0 Å². The Morgan fingerprint density at radius 3 is 2.59 bits per heavy atom. The highest BCUT2D eigenvalue weighted by Gasteiger charge is 2.42. The van der Waals surface area contributed by atoms with Gasteiger partial charge in [0.1, 0.15) is 6.04 Å². The van der Waals surface area contributed by atoms with Gasteiger partial charge < -0.3 is 4.57 Å². The number of rotatable bonds is 2. The van der Waals surface area contributed by atoms with Crippen LogP contribution in [0.1, 0.15) is 18.0 Å². The number of imidazole rings is 1. The van der Waals surface area contributed by atoms with E-state index in [-0.39, 0.29) is 12.1 Å². The number of aromatic nitrogens is 2. The van der Waals surface area contributed by atoms with E-state index in [1.54, 1.807) is 28.8 Å². The van der Waals surface area contributed by atoms with Crippen LogP contribution in [0.25, 0.3) is 11.0 Å². The first-order valence-corrected chi connectivity index (χ1v) is 8.30. The molecule has 2 amide bonds. The summed E-state index contributed by atoms with van der Waals surface area (Å²) in [5, 5.41) is -0.498. The normalized spacial score (nSPS) is 17.9. The molecule has 0 bridgehead atoms. The van der Waals surface area contributed by atoms with Gasteiger partial charge in [-0.25, -0.2) is 9.88 Å². The second kappa shape index (κ2) is 6.09. The SMILES string of the molecule is O=C1C[C@@H](n2cnc3ccccc32)C(=O)N1c1ccc(Cl)c(C(F)(F)F)c1. The van der Waals surface area contributed by atoms with E-state index < -0.39 is 34.6 Å². The van der Waals surface area contributed by atoms with Gasteiger partial charge in [-0.3, -0.25) is 9.59 Å². The molecule has 2 heterocycles. The molecule has 9 heteroatoms. The van der Waals surface area contributed by atoms with Crippen LogP contribution in [-0.4, -0.2) is 21.4 Å². The van der Waals surface area contributed by atoms with E-state index in [2.05, 4.69) is 4.98 Å². The number of hydrogen-bond donors (Lipinski definition) is 0. The summed E-state index contributed by atoms with van der Waals surface area (Å²) in [5.74, 6) is -1.20. The molecule has 1 fully saturated rings. The molecule has 1 saturated heterocycles. The third-order valence-electron chi connectivity index (χ3n) is 4.45. The largest absolute Gasteiger partial charge is 0.417 e. The number of alkyl halides is 3. The Balaban J connectivity index is 1.74. The minimum Gasteiger partial charge on any atom is -0.317 e. The van der Waals surface area contributed by atoms with Crippen LogP contribution in [0.2, 0.25) is 5.02 Å². The van der Waals surface area contributed by atoms with E-state index in [0.717, 1.165) is 11.0 Å². The van der Waals surface area contributed by atoms with Crippen LogP contribution < -0.4 is 4.90 Å². The van der Waals surface area contributed by atoms with Crippen molar-refractivity contribution in [2.24, 2.45) is 0 Å². The van der Waals surface area contributed by atoms with Crippen molar-refractivity contribution in [2.45, 2.75) is 18.6 Å². The number of para-hydroxylation sites is 2. The number of anilines is 1. The number of hydrogen-bond acceptors (Lipinski definition) is 3. The molecular weight excluding hydrogens is 383 g/mol. The minimum absolute atomic E-state index is 0.159. The minimum atomic E-state index is -4.70. The molecule has 27 heavy (non-hydrogen) atoms. The van der Waals surface area contributed by atoms with Gasteiger partial charge in [-0.1, -0.05) is 23.7 Å². The summed E-state index contributed by atoms with van der Waals surface area (Å²) in [4.78, 5) is 30.2. The van der Waals surface area contributed by atoms with Crippen LogP contribution in [0, 0.1) is 0 Å². The smallest absolute Gasteiger partial charge is 0.317 e. The number of halogens is 4. The maximum absolute atomic E-state index is 13.1. The Morgan fingerprint density at radius 2 is 1.85 bits per heavy atom. The van der Waals surface area contributed by atoms with Gasteiger partial charge in [-0.2, -0.15) is 13.2 Å². The lowest BCUT2D eigenvalue weighted by atomic mass is 10.2. The van der Waals surface area contributed by atoms with Gasteiger partial charge in [-0.15, -0.1) is 0 Å². The third kappa shape index (κ3) is 2.86. The summed E-state index contributed by atoms with van der Waals surface area (Å²) < 4.78 is 40.9. The van der Waals surface area contributed by atoms with Gasteiger partial charge in [0.05, 0.1) is 40.1 Å². The summed E-state index contributed by atoms with van der Waals surface area (Å²) in [5.41, 5.74) is 0.0621. The molecule has 0 saturated carbocycles. The first-order valence-electron chi connectivity index (χ1n) is 7.92. The molecule has 2 aromatic carbocycles. The first kappa shape index (κ1) is 17.5. The standard InChI is InChI=1S/C18H11ClF3N3O2/c19-12-6-5-10(7-11(12)18(20,21)22)25-16(26)8-15(17(25)27)24-9-23-13-3-1-2-4-14(13)24/h1-7,9,15H,8H2/t15-/m1/s1. The summed E-state index contributed by atoms with van der Waals surface area (Å²) in [6.07, 6.45) is -3.41. The molecule has 0 unspecified atom stereocenters. The molecule has 5 nitrogen and oxygen atoms in total. The quantitative estimate of drug-likeness (QED) is 0.613. The van der Waals surface area contributed by atoms with E-state index in [1.807, 2.05) is 0 Å². The number of carbonyl (C=O) groups excluding carboxylic acids is 2. The molecule has 1 aliphatic rings. The Hall–Kier alpha value is -2.87. The van der Waals surface area contributed by atoms with Gasteiger partial charge in [-0.05, 0) is 30.3 Å². The van der Waals surface area contributed by atoms with Crippen molar-refractivity contribution in [1.82, 2.24) is 9.55 Å². The van der Waals surface area contributed by atoms with Crippen molar-refractivity contribution < 1.29 is 22.8 Å². The average Bonchev–Trinajstić information content (AvgIpc) is 3.15. The van der Waals surface area contributed by atoms with Crippen LogP contribution in [-0.2, 0) is 15.8 Å². The van der Waals surface area contributed by atoms with Gasteiger partial charge in [0.25, 0.3) is 5.91 Å². The molecular formula is C18H11ClF3N3O2. The van der Waals surface area contributed by atoms with E-state index >= 15 is 0 Å². The maximum Gasteiger partial charge on any atom is 0.417 e. The van der Waals surface area contributed by atoms with Crippen LogP contribution >= 0.6 is 11.6 Å². The molecule has 0 N–H and O–H groups in total. The third-order valence-corrected chi connectivity index (χ3v) is 4.78. The van der Waals surface area contributed by atoms with E-state index in [4.69, 9.17) is 11.6 Å². The van der Waals surface area contributed by atoms with Crippen molar-refractivity contribution in [3.05, 3.63) is 59.4 Å². The lowest BCUT2D eigenvalue weighted by molar-refractivity contribution is -0.137. The lowest BCUT2D eigenvalue weighted by Crippen LogP contribution is -2.31. The topological polar surface area (TPSA) is 55.2 Å². The Morgan fingerprint density at radius 1 is 1.11 bits per heavy atom. The number of benzene rings is 2. The van der Waals surface area contributed by atoms with Crippen molar-refractivity contribution in [3.8, 4) is 0 Å². The number of carbonyl (C=O) groups is 2. The summed E-state index contributed by atoms with van der Waals surface area (Å²) in [6, 6.07) is 9.19. The molecule has 1 atom stereocenters. The predicted molar refractivity (Wildman–Crippen MR) is 92.3 cm³/mol. The van der Waals surface area contributed by atoms with Gasteiger partial charge in [0, 0.05) is 0 Å². The molecule has 0 spiro atoms. The molecule has 1 aliphatic heterocycles. The average molecular weight is 394 g/mol. The Bertz CT molecular complexity index is 1080. The Kier molecular flexibility index (Phi) is 3.96. The molecule has 1 aromatic heterocycles. The fourth-order valence-electron chi connectivity index (χ4n) is 3.20. The van der Waals surface area contributed by atoms with E-state index in [9.17, 15) is 22.8 Å². The van der Waals surface area contributed by atoms with Gasteiger partial charge in [0.2, 0.25) is 5.91 Å². The van der Waals surface area contributed by atoms with Crippen molar-refractivity contribution in [3.63, 3.8) is 0 Å². The first-order chi connectivity index (χ1) is 12.8. The fourth-order valence-corrected chi connectivity index (χ4v) is 3.43. The van der Waals surface area contributed by atoms with Gasteiger partial charge in [0.15, 0.2) is 0 Å². The molecule has 138 valence electrons. The Labute approximate surface area is 156 Å². The summed E-state index contributed by atoms with van der Waals surface area (Å²) >= 11 is 5.61. The highest BCUT2D eigenvalue weighted by atomic mass is 35.5. The summed E-state index contributed by atoms with van der Waals surface area (Å²) in [7, 11) is 0. The highest BCUT2D eigenvalue weighted by Crippen LogP contribution is 2.39.